The second kappa shape index (κ2) is 9.68. The van der Waals surface area contributed by atoms with Crippen molar-refractivity contribution in [2.75, 3.05) is 13.2 Å². The van der Waals surface area contributed by atoms with Crippen molar-refractivity contribution in [1.82, 2.24) is 9.78 Å². The lowest BCUT2D eigenvalue weighted by Crippen LogP contribution is -2.08. The van der Waals surface area contributed by atoms with Crippen LogP contribution in [-0.2, 0) is 10.9 Å². The maximum absolute atomic E-state index is 12.8. The SMILES string of the molecule is Cc1cc(OCCCCOC(=O)c2ccccc2)cc(C)c1-n1cc(C(F)(F)F)cn1. The summed E-state index contributed by atoms with van der Waals surface area (Å²) >= 11 is 0. The third-order valence-electron chi connectivity index (χ3n) is 4.65. The fraction of sp³-hybridized carbons (Fsp3) is 0.304. The standard InChI is InChI=1S/C23H23F3N2O3/c1-16-12-20(13-17(2)21(16)28-15-19(14-27-28)23(24,25)26)30-10-6-7-11-31-22(29)18-8-4-3-5-9-18/h3-5,8-9,12-15H,6-7,10-11H2,1-2H3. The van der Waals surface area contributed by atoms with Crippen LogP contribution in [0.25, 0.3) is 5.69 Å². The molecule has 5 nitrogen and oxygen atoms in total. The van der Waals surface area contributed by atoms with Gasteiger partial charge < -0.3 is 9.47 Å². The number of unbranched alkanes of at least 4 members (excludes halogenated alkanes) is 1. The Balaban J connectivity index is 1.49. The van der Waals surface area contributed by atoms with E-state index in [2.05, 4.69) is 5.10 Å². The predicted octanol–water partition coefficient (Wildman–Crippen LogP) is 5.52. The van der Waals surface area contributed by atoms with Crippen LogP contribution >= 0.6 is 0 Å². The molecule has 0 spiro atoms. The topological polar surface area (TPSA) is 53.4 Å². The van der Waals surface area contributed by atoms with Crippen LogP contribution in [0.4, 0.5) is 13.2 Å². The van der Waals surface area contributed by atoms with Crippen molar-refractivity contribution >= 4 is 5.97 Å². The minimum atomic E-state index is -4.43. The van der Waals surface area contributed by atoms with Crippen molar-refractivity contribution < 1.29 is 27.4 Å². The zero-order chi connectivity index (χ0) is 22.4. The summed E-state index contributed by atoms with van der Waals surface area (Å²) in [7, 11) is 0. The van der Waals surface area contributed by atoms with Gasteiger partial charge in [-0.2, -0.15) is 18.3 Å². The van der Waals surface area contributed by atoms with Crippen LogP contribution in [0, 0.1) is 13.8 Å². The predicted molar refractivity (Wildman–Crippen MR) is 109 cm³/mol. The van der Waals surface area contributed by atoms with Gasteiger partial charge in [-0.05, 0) is 62.1 Å². The highest BCUT2D eigenvalue weighted by Gasteiger charge is 2.32. The van der Waals surface area contributed by atoms with E-state index in [1.54, 1.807) is 50.2 Å². The lowest BCUT2D eigenvalue weighted by Gasteiger charge is -2.14. The zero-order valence-electron chi connectivity index (χ0n) is 17.3. The maximum Gasteiger partial charge on any atom is 0.419 e. The molecule has 0 aliphatic carbocycles. The van der Waals surface area contributed by atoms with Gasteiger partial charge in [-0.1, -0.05) is 18.2 Å². The molecule has 0 fully saturated rings. The summed E-state index contributed by atoms with van der Waals surface area (Å²) in [6, 6.07) is 12.3. The number of benzene rings is 2. The highest BCUT2D eigenvalue weighted by Crippen LogP contribution is 2.31. The van der Waals surface area contributed by atoms with Crippen LogP contribution in [0.5, 0.6) is 5.75 Å². The molecule has 0 amide bonds. The average molecular weight is 432 g/mol. The minimum Gasteiger partial charge on any atom is -0.494 e. The number of carbonyl (C=O) groups is 1. The number of halogens is 3. The van der Waals surface area contributed by atoms with Gasteiger partial charge in [0, 0.05) is 6.20 Å². The van der Waals surface area contributed by atoms with Crippen LogP contribution in [0.15, 0.2) is 54.9 Å². The molecule has 2 aromatic carbocycles. The van der Waals surface area contributed by atoms with Gasteiger partial charge in [-0.15, -0.1) is 0 Å². The monoisotopic (exact) mass is 432 g/mol. The summed E-state index contributed by atoms with van der Waals surface area (Å²) in [5.41, 5.74) is 1.83. The Morgan fingerprint density at radius 2 is 1.68 bits per heavy atom. The molecular formula is C23H23F3N2O3. The van der Waals surface area contributed by atoms with E-state index in [0.29, 0.717) is 43.1 Å². The van der Waals surface area contributed by atoms with Crippen molar-refractivity contribution in [3.63, 3.8) is 0 Å². The van der Waals surface area contributed by atoms with Gasteiger partial charge in [0.1, 0.15) is 5.75 Å². The molecule has 0 bridgehead atoms. The fourth-order valence-electron chi connectivity index (χ4n) is 3.17. The minimum absolute atomic E-state index is 0.301. The molecule has 0 unspecified atom stereocenters. The number of hydrogen-bond donors (Lipinski definition) is 0. The molecule has 31 heavy (non-hydrogen) atoms. The van der Waals surface area contributed by atoms with E-state index in [1.807, 2.05) is 6.07 Å². The van der Waals surface area contributed by atoms with Gasteiger partial charge >= 0.3 is 12.1 Å². The van der Waals surface area contributed by atoms with Crippen molar-refractivity contribution in [2.45, 2.75) is 32.9 Å². The molecule has 0 aliphatic rings. The number of rotatable bonds is 8. The Morgan fingerprint density at radius 3 is 2.29 bits per heavy atom. The van der Waals surface area contributed by atoms with E-state index in [-0.39, 0.29) is 5.97 Å². The second-order valence-electron chi connectivity index (χ2n) is 7.13. The largest absolute Gasteiger partial charge is 0.494 e. The fourth-order valence-corrected chi connectivity index (χ4v) is 3.17. The molecule has 0 saturated heterocycles. The first kappa shape index (κ1) is 22.4. The van der Waals surface area contributed by atoms with E-state index >= 15 is 0 Å². The Morgan fingerprint density at radius 1 is 1.03 bits per heavy atom. The Kier molecular flexibility index (Phi) is 6.99. The number of ether oxygens (including phenoxy) is 2. The van der Waals surface area contributed by atoms with Gasteiger partial charge in [-0.3, -0.25) is 0 Å². The summed E-state index contributed by atoms with van der Waals surface area (Å²) in [6.07, 6.45) is -1.29. The van der Waals surface area contributed by atoms with Gasteiger partial charge in [0.2, 0.25) is 0 Å². The van der Waals surface area contributed by atoms with Crippen molar-refractivity contribution in [2.24, 2.45) is 0 Å². The van der Waals surface area contributed by atoms with E-state index < -0.39 is 11.7 Å². The first-order chi connectivity index (χ1) is 14.8. The van der Waals surface area contributed by atoms with Gasteiger partial charge in [0.15, 0.2) is 0 Å². The average Bonchev–Trinajstić information content (AvgIpc) is 3.21. The molecule has 164 valence electrons. The molecule has 0 atom stereocenters. The number of aryl methyl sites for hydroxylation is 2. The second-order valence-corrected chi connectivity index (χ2v) is 7.13. The number of hydrogen-bond acceptors (Lipinski definition) is 4. The lowest BCUT2D eigenvalue weighted by atomic mass is 10.1. The lowest BCUT2D eigenvalue weighted by molar-refractivity contribution is -0.137. The van der Waals surface area contributed by atoms with E-state index in [1.165, 1.54) is 4.68 Å². The summed E-state index contributed by atoms with van der Waals surface area (Å²) in [5.74, 6) is 0.277. The molecule has 1 heterocycles. The molecule has 3 aromatic rings. The van der Waals surface area contributed by atoms with Crippen LogP contribution in [0.2, 0.25) is 0 Å². The molecule has 0 radical (unpaired) electrons. The quantitative estimate of drug-likeness (QED) is 0.347. The maximum atomic E-state index is 12.8. The number of alkyl halides is 3. The van der Waals surface area contributed by atoms with E-state index in [4.69, 9.17) is 9.47 Å². The molecule has 0 aliphatic heterocycles. The third kappa shape index (κ3) is 5.87. The Hall–Kier alpha value is -3.29. The summed E-state index contributed by atoms with van der Waals surface area (Å²) in [5, 5.41) is 3.85. The molecule has 0 N–H and O–H groups in total. The van der Waals surface area contributed by atoms with Crippen molar-refractivity contribution in [1.29, 1.82) is 0 Å². The van der Waals surface area contributed by atoms with Crippen molar-refractivity contribution in [3.05, 3.63) is 77.1 Å². The van der Waals surface area contributed by atoms with Gasteiger partial charge in [-0.25, -0.2) is 9.48 Å². The Labute approximate surface area is 178 Å². The summed E-state index contributed by atoms with van der Waals surface area (Å²) in [4.78, 5) is 11.9. The number of aromatic nitrogens is 2. The number of esters is 1. The molecule has 0 saturated carbocycles. The number of nitrogens with zero attached hydrogens (tertiary/aromatic N) is 2. The third-order valence-corrected chi connectivity index (χ3v) is 4.65. The van der Waals surface area contributed by atoms with E-state index in [0.717, 1.165) is 23.5 Å². The Bertz CT molecular complexity index is 1010. The first-order valence-corrected chi connectivity index (χ1v) is 9.84. The van der Waals surface area contributed by atoms with Crippen LogP contribution in [0.1, 0.15) is 39.9 Å². The summed E-state index contributed by atoms with van der Waals surface area (Å²) in [6.45, 7) is 4.33. The van der Waals surface area contributed by atoms with Crippen LogP contribution in [-0.4, -0.2) is 29.0 Å². The molecule has 3 rings (SSSR count). The van der Waals surface area contributed by atoms with Crippen molar-refractivity contribution in [3.8, 4) is 11.4 Å². The van der Waals surface area contributed by atoms with Gasteiger partial charge in [0.25, 0.3) is 0 Å². The van der Waals surface area contributed by atoms with E-state index in [9.17, 15) is 18.0 Å². The molecular weight excluding hydrogens is 409 g/mol. The number of carbonyl (C=O) groups excluding carboxylic acids is 1. The smallest absolute Gasteiger partial charge is 0.419 e. The zero-order valence-corrected chi connectivity index (χ0v) is 17.3. The van der Waals surface area contributed by atoms with Crippen LogP contribution < -0.4 is 4.74 Å². The highest BCUT2D eigenvalue weighted by molar-refractivity contribution is 5.89. The normalized spacial score (nSPS) is 11.4. The molecule has 1 aromatic heterocycles. The van der Waals surface area contributed by atoms with Crippen LogP contribution in [0.3, 0.4) is 0 Å². The van der Waals surface area contributed by atoms with Gasteiger partial charge in [0.05, 0.1) is 36.2 Å². The molecule has 8 heteroatoms. The highest BCUT2D eigenvalue weighted by atomic mass is 19.4. The summed E-state index contributed by atoms with van der Waals surface area (Å²) < 4.78 is 50.7. The first-order valence-electron chi connectivity index (χ1n) is 9.84.